The van der Waals surface area contributed by atoms with Gasteiger partial charge in [-0.25, -0.2) is 4.98 Å². The second kappa shape index (κ2) is 6.33. The Kier molecular flexibility index (Phi) is 4.75. The van der Waals surface area contributed by atoms with Gasteiger partial charge in [-0.1, -0.05) is 6.92 Å². The summed E-state index contributed by atoms with van der Waals surface area (Å²) in [4.78, 5) is 4.65. The molecule has 1 aliphatic rings. The van der Waals surface area contributed by atoms with Gasteiger partial charge in [0.05, 0.1) is 10.7 Å². The highest BCUT2D eigenvalue weighted by Crippen LogP contribution is 2.20. The Morgan fingerprint density at radius 2 is 2.56 bits per heavy atom. The number of aromatic nitrogens is 1. The summed E-state index contributed by atoms with van der Waals surface area (Å²) in [5.74, 6) is 0.697. The first-order valence-corrected chi connectivity index (χ1v) is 6.98. The minimum atomic E-state index is 0.697. The maximum atomic E-state index is 5.38. The lowest BCUT2D eigenvalue weighted by molar-refractivity contribution is 0.186. The fraction of sp³-hybridized carbons (Fsp3) is 0.750. The summed E-state index contributed by atoms with van der Waals surface area (Å²) in [6.07, 6.45) is 3.47. The predicted octanol–water partition coefficient (Wildman–Crippen LogP) is 2.22. The lowest BCUT2D eigenvalue weighted by atomic mass is 10.1. The van der Waals surface area contributed by atoms with Crippen molar-refractivity contribution in [3.05, 3.63) is 16.1 Å². The average Bonchev–Trinajstić information content (AvgIpc) is 2.91. The van der Waals surface area contributed by atoms with E-state index in [1.54, 1.807) is 11.3 Å². The Labute approximate surface area is 101 Å². The van der Waals surface area contributed by atoms with Crippen LogP contribution in [0.5, 0.6) is 0 Å². The molecule has 1 aliphatic heterocycles. The van der Waals surface area contributed by atoms with Crippen LogP contribution in [0.25, 0.3) is 0 Å². The van der Waals surface area contributed by atoms with Crippen molar-refractivity contribution >= 4 is 11.3 Å². The van der Waals surface area contributed by atoms with Crippen molar-refractivity contribution in [2.24, 2.45) is 5.92 Å². The molecule has 2 heterocycles. The minimum absolute atomic E-state index is 0.697. The Morgan fingerprint density at radius 1 is 1.62 bits per heavy atom. The monoisotopic (exact) mass is 240 g/mol. The first-order valence-electron chi connectivity index (χ1n) is 6.10. The zero-order valence-electron chi connectivity index (χ0n) is 9.87. The Bertz CT molecular complexity index is 308. The van der Waals surface area contributed by atoms with Crippen LogP contribution in [-0.4, -0.2) is 24.7 Å². The molecule has 0 radical (unpaired) electrons. The molecule has 16 heavy (non-hydrogen) atoms. The quantitative estimate of drug-likeness (QED) is 0.774. The first-order chi connectivity index (χ1) is 7.88. The van der Waals surface area contributed by atoms with Crippen molar-refractivity contribution in [3.63, 3.8) is 0 Å². The van der Waals surface area contributed by atoms with Crippen molar-refractivity contribution in [2.75, 3.05) is 19.8 Å². The fourth-order valence-corrected chi connectivity index (χ4v) is 2.82. The van der Waals surface area contributed by atoms with Gasteiger partial charge >= 0.3 is 0 Å². The normalized spacial score (nSPS) is 20.4. The van der Waals surface area contributed by atoms with E-state index < -0.39 is 0 Å². The van der Waals surface area contributed by atoms with Crippen LogP contribution in [0.2, 0.25) is 0 Å². The minimum Gasteiger partial charge on any atom is -0.381 e. The van der Waals surface area contributed by atoms with E-state index in [1.807, 2.05) is 0 Å². The maximum Gasteiger partial charge on any atom is 0.0932 e. The summed E-state index contributed by atoms with van der Waals surface area (Å²) in [5.41, 5.74) is 1.19. The van der Waals surface area contributed by atoms with Crippen molar-refractivity contribution in [1.29, 1.82) is 0 Å². The summed E-state index contributed by atoms with van der Waals surface area (Å²) in [6, 6.07) is 0. The molecule has 0 amide bonds. The van der Waals surface area contributed by atoms with Gasteiger partial charge in [-0.05, 0) is 25.3 Å². The zero-order chi connectivity index (χ0) is 11.2. The van der Waals surface area contributed by atoms with Gasteiger partial charge in [0.15, 0.2) is 0 Å². The van der Waals surface area contributed by atoms with E-state index in [-0.39, 0.29) is 0 Å². The van der Waals surface area contributed by atoms with Crippen LogP contribution in [0.1, 0.15) is 30.5 Å². The van der Waals surface area contributed by atoms with E-state index in [2.05, 4.69) is 22.6 Å². The SMILES string of the molecule is CCCNCc1csc(CC2CCOC2)n1. The molecule has 0 saturated carbocycles. The average molecular weight is 240 g/mol. The lowest BCUT2D eigenvalue weighted by Gasteiger charge is -2.03. The third-order valence-corrected chi connectivity index (χ3v) is 3.74. The molecule has 0 spiro atoms. The van der Waals surface area contributed by atoms with Crippen LogP contribution in [0.3, 0.4) is 0 Å². The highest BCUT2D eigenvalue weighted by Gasteiger charge is 2.17. The molecule has 1 saturated heterocycles. The molecule has 1 aromatic heterocycles. The molecule has 1 N–H and O–H groups in total. The molecule has 0 aromatic carbocycles. The number of nitrogens with one attached hydrogen (secondary N) is 1. The second-order valence-electron chi connectivity index (χ2n) is 4.34. The van der Waals surface area contributed by atoms with Gasteiger partial charge in [-0.3, -0.25) is 0 Å². The van der Waals surface area contributed by atoms with E-state index >= 15 is 0 Å². The van der Waals surface area contributed by atoms with Gasteiger partial charge in [-0.2, -0.15) is 0 Å². The molecule has 0 aliphatic carbocycles. The molecular weight excluding hydrogens is 220 g/mol. The van der Waals surface area contributed by atoms with E-state index in [0.29, 0.717) is 5.92 Å². The van der Waals surface area contributed by atoms with Crippen LogP contribution in [0.4, 0.5) is 0 Å². The van der Waals surface area contributed by atoms with Gasteiger partial charge in [0.25, 0.3) is 0 Å². The second-order valence-corrected chi connectivity index (χ2v) is 5.29. The van der Waals surface area contributed by atoms with Crippen LogP contribution in [0, 0.1) is 5.92 Å². The highest BCUT2D eigenvalue weighted by molar-refractivity contribution is 7.09. The molecule has 4 heteroatoms. The number of nitrogens with zero attached hydrogens (tertiary/aromatic N) is 1. The Hall–Kier alpha value is -0.450. The van der Waals surface area contributed by atoms with Gasteiger partial charge in [0, 0.05) is 31.6 Å². The van der Waals surface area contributed by atoms with Crippen LogP contribution < -0.4 is 5.32 Å². The summed E-state index contributed by atoms with van der Waals surface area (Å²) >= 11 is 1.79. The largest absolute Gasteiger partial charge is 0.381 e. The van der Waals surface area contributed by atoms with Crippen molar-refractivity contribution in [1.82, 2.24) is 10.3 Å². The number of rotatable bonds is 6. The molecule has 3 nitrogen and oxygen atoms in total. The highest BCUT2D eigenvalue weighted by atomic mass is 32.1. The summed E-state index contributed by atoms with van der Waals surface area (Å²) in [6.45, 7) is 6.01. The zero-order valence-corrected chi connectivity index (χ0v) is 10.7. The Morgan fingerprint density at radius 3 is 3.31 bits per heavy atom. The molecule has 90 valence electrons. The van der Waals surface area contributed by atoms with Crippen molar-refractivity contribution in [2.45, 2.75) is 32.7 Å². The lowest BCUT2D eigenvalue weighted by Crippen LogP contribution is -2.14. The van der Waals surface area contributed by atoms with E-state index in [4.69, 9.17) is 4.74 Å². The molecule has 2 rings (SSSR count). The molecule has 0 bridgehead atoms. The standard InChI is InChI=1S/C12H20N2OS/c1-2-4-13-7-11-9-16-12(14-11)6-10-3-5-15-8-10/h9-10,13H,2-8H2,1H3. The van der Waals surface area contributed by atoms with E-state index in [1.165, 1.54) is 23.5 Å². The molecule has 1 aromatic rings. The Balaban J connectivity index is 1.77. The third kappa shape index (κ3) is 3.54. The smallest absolute Gasteiger partial charge is 0.0932 e. The first kappa shape index (κ1) is 12.0. The number of hydrogen-bond donors (Lipinski definition) is 1. The van der Waals surface area contributed by atoms with Gasteiger partial charge < -0.3 is 10.1 Å². The fourth-order valence-electron chi connectivity index (χ4n) is 1.91. The number of hydrogen-bond acceptors (Lipinski definition) is 4. The van der Waals surface area contributed by atoms with Crippen LogP contribution in [0.15, 0.2) is 5.38 Å². The van der Waals surface area contributed by atoms with Gasteiger partial charge in [0.2, 0.25) is 0 Å². The van der Waals surface area contributed by atoms with Crippen LogP contribution in [-0.2, 0) is 17.7 Å². The summed E-state index contributed by atoms with van der Waals surface area (Å²) < 4.78 is 5.38. The molecule has 1 atom stereocenters. The van der Waals surface area contributed by atoms with Crippen LogP contribution >= 0.6 is 11.3 Å². The topological polar surface area (TPSA) is 34.1 Å². The predicted molar refractivity (Wildman–Crippen MR) is 66.7 cm³/mol. The van der Waals surface area contributed by atoms with Gasteiger partial charge in [-0.15, -0.1) is 11.3 Å². The molecular formula is C12H20N2OS. The summed E-state index contributed by atoms with van der Waals surface area (Å²) in [5, 5.41) is 6.82. The molecule has 1 fully saturated rings. The summed E-state index contributed by atoms with van der Waals surface area (Å²) in [7, 11) is 0. The third-order valence-electron chi connectivity index (χ3n) is 2.82. The van der Waals surface area contributed by atoms with Crippen molar-refractivity contribution < 1.29 is 4.74 Å². The maximum absolute atomic E-state index is 5.38. The van der Waals surface area contributed by atoms with Crippen molar-refractivity contribution in [3.8, 4) is 0 Å². The number of thiazole rings is 1. The van der Waals surface area contributed by atoms with E-state index in [9.17, 15) is 0 Å². The number of ether oxygens (including phenoxy) is 1. The molecule has 1 unspecified atom stereocenters. The van der Waals surface area contributed by atoms with Gasteiger partial charge in [0.1, 0.15) is 0 Å². The van der Waals surface area contributed by atoms with E-state index in [0.717, 1.165) is 32.7 Å².